The van der Waals surface area contributed by atoms with E-state index in [4.69, 9.17) is 13.9 Å². The van der Waals surface area contributed by atoms with Gasteiger partial charge >= 0.3 is 0 Å². The second-order valence-electron chi connectivity index (χ2n) is 13.6. The molecule has 4 nitrogen and oxygen atoms in total. The summed E-state index contributed by atoms with van der Waals surface area (Å²) in [4.78, 5) is 0. The molecule has 0 amide bonds. The van der Waals surface area contributed by atoms with Crippen molar-refractivity contribution in [3.05, 3.63) is 97.6 Å². The summed E-state index contributed by atoms with van der Waals surface area (Å²) >= 11 is 0. The largest absolute Gasteiger partial charge is 0.404 e. The van der Waals surface area contributed by atoms with Crippen LogP contribution in [0.5, 0.6) is 0 Å². The summed E-state index contributed by atoms with van der Waals surface area (Å²) in [7, 11) is -1.16. The fraction of sp³-hybridized carbons (Fsp3) is 0.526. The van der Waals surface area contributed by atoms with Gasteiger partial charge in [-0.15, -0.1) is 13.2 Å². The van der Waals surface area contributed by atoms with Crippen LogP contribution in [-0.4, -0.2) is 45.6 Å². The normalized spacial score (nSPS) is 21.6. The molecule has 1 aliphatic rings. The van der Waals surface area contributed by atoms with Gasteiger partial charge < -0.3 is 19.0 Å². The van der Waals surface area contributed by atoms with Gasteiger partial charge in [-0.3, -0.25) is 0 Å². The van der Waals surface area contributed by atoms with Crippen molar-refractivity contribution in [1.82, 2.24) is 0 Å². The number of ether oxygens (including phenoxy) is 2. The number of allylic oxidation sites excluding steroid dienone is 2. The SMILES string of the molecule is C=CC[C@H](C[C@H]1C(C)=CC[C@H](C(C)C)[C@H]1C[C@H](O)[C@H](C=C)OCOC)O[Si](c1ccccc1)(c1ccccc1)C(C)(C)C. The molecule has 0 spiro atoms. The van der Waals surface area contributed by atoms with Gasteiger partial charge in [0.15, 0.2) is 0 Å². The minimum absolute atomic E-state index is 0.0253. The summed E-state index contributed by atoms with van der Waals surface area (Å²) in [6.07, 6.45) is 8.28. The molecule has 1 N–H and O–H groups in total. The third kappa shape index (κ3) is 8.46. The van der Waals surface area contributed by atoms with Crippen molar-refractivity contribution in [3.63, 3.8) is 0 Å². The lowest BCUT2D eigenvalue weighted by Crippen LogP contribution is -2.67. The molecule has 1 aliphatic carbocycles. The maximum atomic E-state index is 11.4. The van der Waals surface area contributed by atoms with Crippen LogP contribution in [0.3, 0.4) is 0 Å². The van der Waals surface area contributed by atoms with Gasteiger partial charge in [0.1, 0.15) is 12.9 Å². The van der Waals surface area contributed by atoms with E-state index in [2.05, 4.69) is 121 Å². The van der Waals surface area contributed by atoms with Crippen LogP contribution < -0.4 is 10.4 Å². The van der Waals surface area contributed by atoms with Gasteiger partial charge in [0.25, 0.3) is 8.32 Å². The molecule has 0 saturated heterocycles. The first kappa shape index (κ1) is 35.2. The van der Waals surface area contributed by atoms with Gasteiger partial charge in [-0.1, -0.05) is 119 Å². The fourth-order valence-corrected chi connectivity index (χ4v) is 12.0. The summed E-state index contributed by atoms with van der Waals surface area (Å²) in [5.41, 5.74) is 1.39. The molecule has 236 valence electrons. The van der Waals surface area contributed by atoms with Crippen molar-refractivity contribution in [2.45, 2.75) is 90.6 Å². The molecule has 43 heavy (non-hydrogen) atoms. The Balaban J connectivity index is 2.06. The van der Waals surface area contributed by atoms with Crippen molar-refractivity contribution in [2.24, 2.45) is 23.7 Å². The topological polar surface area (TPSA) is 47.9 Å². The molecule has 0 radical (unpaired) electrons. The van der Waals surface area contributed by atoms with E-state index in [1.807, 2.05) is 6.08 Å². The number of benzene rings is 2. The van der Waals surface area contributed by atoms with Crippen LogP contribution in [0.2, 0.25) is 5.04 Å². The molecule has 0 fully saturated rings. The highest BCUT2D eigenvalue weighted by molar-refractivity contribution is 6.99. The van der Waals surface area contributed by atoms with Gasteiger partial charge in [0, 0.05) is 13.2 Å². The lowest BCUT2D eigenvalue weighted by molar-refractivity contribution is -0.101. The summed E-state index contributed by atoms with van der Waals surface area (Å²) in [6, 6.07) is 21.7. The average molecular weight is 605 g/mol. The summed E-state index contributed by atoms with van der Waals surface area (Å²) in [5, 5.41) is 13.9. The summed E-state index contributed by atoms with van der Waals surface area (Å²) in [6.45, 7) is 22.1. The molecule has 5 heteroatoms. The average Bonchev–Trinajstić information content (AvgIpc) is 2.98. The van der Waals surface area contributed by atoms with E-state index in [-0.39, 0.29) is 29.8 Å². The molecule has 0 aliphatic heterocycles. The molecule has 6 atom stereocenters. The van der Waals surface area contributed by atoms with Crippen LogP contribution in [0.15, 0.2) is 97.6 Å². The zero-order valence-electron chi connectivity index (χ0n) is 27.7. The van der Waals surface area contributed by atoms with E-state index in [9.17, 15) is 5.11 Å². The Morgan fingerprint density at radius 1 is 0.977 bits per heavy atom. The predicted octanol–water partition coefficient (Wildman–Crippen LogP) is 7.68. The van der Waals surface area contributed by atoms with Crippen molar-refractivity contribution in [1.29, 1.82) is 0 Å². The summed E-state index contributed by atoms with van der Waals surface area (Å²) in [5.74, 6) is 1.49. The molecule has 0 heterocycles. The zero-order chi connectivity index (χ0) is 31.6. The van der Waals surface area contributed by atoms with Crippen molar-refractivity contribution >= 4 is 18.7 Å². The van der Waals surface area contributed by atoms with Crippen molar-refractivity contribution in [2.75, 3.05) is 13.9 Å². The van der Waals surface area contributed by atoms with Gasteiger partial charge in [0.05, 0.1) is 6.10 Å². The Labute approximate surface area is 263 Å². The highest BCUT2D eigenvalue weighted by Gasteiger charge is 2.52. The van der Waals surface area contributed by atoms with E-state index >= 15 is 0 Å². The molecule has 0 aromatic heterocycles. The lowest BCUT2D eigenvalue weighted by Gasteiger charge is -2.47. The number of methoxy groups -OCH3 is 1. The summed E-state index contributed by atoms with van der Waals surface area (Å²) < 4.78 is 18.6. The second-order valence-corrected chi connectivity index (χ2v) is 17.9. The highest BCUT2D eigenvalue weighted by atomic mass is 28.4. The van der Waals surface area contributed by atoms with Crippen LogP contribution in [-0.2, 0) is 13.9 Å². The Bertz CT molecular complexity index is 1110. The van der Waals surface area contributed by atoms with Crippen LogP contribution in [0.4, 0.5) is 0 Å². The Hall–Kier alpha value is -2.28. The van der Waals surface area contributed by atoms with Gasteiger partial charge in [-0.25, -0.2) is 0 Å². The first-order valence-electron chi connectivity index (χ1n) is 16.0. The van der Waals surface area contributed by atoms with Crippen molar-refractivity contribution in [3.8, 4) is 0 Å². The van der Waals surface area contributed by atoms with E-state index in [0.29, 0.717) is 18.3 Å². The Morgan fingerprint density at radius 2 is 1.56 bits per heavy atom. The fourth-order valence-electron chi connectivity index (χ4n) is 7.25. The minimum atomic E-state index is -2.75. The number of aliphatic hydroxyl groups excluding tert-OH is 1. The molecular weight excluding hydrogens is 549 g/mol. The Morgan fingerprint density at radius 3 is 2.02 bits per heavy atom. The molecule has 0 saturated carbocycles. The number of rotatable bonds is 16. The van der Waals surface area contributed by atoms with Gasteiger partial charge in [-0.05, 0) is 71.7 Å². The van der Waals surface area contributed by atoms with E-state index < -0.39 is 20.5 Å². The quantitative estimate of drug-likeness (QED) is 0.121. The van der Waals surface area contributed by atoms with Crippen LogP contribution in [0.1, 0.15) is 67.2 Å². The van der Waals surface area contributed by atoms with Crippen LogP contribution in [0.25, 0.3) is 0 Å². The third-order valence-electron chi connectivity index (χ3n) is 9.43. The number of hydrogen-bond acceptors (Lipinski definition) is 4. The van der Waals surface area contributed by atoms with Gasteiger partial charge in [0.2, 0.25) is 0 Å². The van der Waals surface area contributed by atoms with E-state index in [1.54, 1.807) is 13.2 Å². The minimum Gasteiger partial charge on any atom is -0.404 e. The first-order valence-corrected chi connectivity index (χ1v) is 17.9. The second kappa shape index (κ2) is 16.1. The standard InChI is InChI=1S/C38H56O4Si/c1-10-18-30(42-43(38(6,7)8,31-19-14-12-15-20-31)32-21-16-13-17-22-32)25-34-29(5)23-24-33(28(3)4)35(34)26-36(39)37(11-2)41-27-40-9/h10-17,19-23,28,30,33-37,39H,1-2,18,24-27H2,3-9H3/t30-,33-,34+,35-,36+,37+/m1/s1. The molecule has 0 unspecified atom stereocenters. The first-order chi connectivity index (χ1) is 20.5. The van der Waals surface area contributed by atoms with E-state index in [1.165, 1.54) is 15.9 Å². The number of aliphatic hydroxyl groups is 1. The Kier molecular flexibility index (Phi) is 13.2. The monoisotopic (exact) mass is 604 g/mol. The molecule has 2 aromatic rings. The lowest BCUT2D eigenvalue weighted by atomic mass is 9.64. The predicted molar refractivity (Wildman–Crippen MR) is 183 cm³/mol. The molecular formula is C38H56O4Si. The van der Waals surface area contributed by atoms with Gasteiger partial charge in [-0.2, -0.15) is 0 Å². The smallest absolute Gasteiger partial charge is 0.261 e. The maximum absolute atomic E-state index is 11.4. The van der Waals surface area contributed by atoms with Crippen molar-refractivity contribution < 1.29 is 19.0 Å². The molecule has 3 rings (SSSR count). The van der Waals surface area contributed by atoms with E-state index in [0.717, 1.165) is 19.3 Å². The number of hydrogen-bond donors (Lipinski definition) is 1. The molecule has 2 aromatic carbocycles. The van der Waals surface area contributed by atoms with Crippen LogP contribution in [0, 0.1) is 23.7 Å². The maximum Gasteiger partial charge on any atom is 0.261 e. The zero-order valence-corrected chi connectivity index (χ0v) is 28.7. The van der Waals surface area contributed by atoms with Crippen LogP contribution >= 0.6 is 0 Å². The highest BCUT2D eigenvalue weighted by Crippen LogP contribution is 2.46. The molecule has 0 bridgehead atoms. The third-order valence-corrected chi connectivity index (χ3v) is 14.5.